The van der Waals surface area contributed by atoms with Crippen LogP contribution in [-0.4, -0.2) is 74.3 Å². The van der Waals surface area contributed by atoms with Gasteiger partial charge in [0, 0.05) is 51.3 Å². The predicted octanol–water partition coefficient (Wildman–Crippen LogP) is 5.84. The Morgan fingerprint density at radius 2 is 1.96 bits per heavy atom. The third kappa shape index (κ3) is 5.24. The van der Waals surface area contributed by atoms with Crippen LogP contribution in [0.3, 0.4) is 0 Å². The van der Waals surface area contributed by atoms with E-state index in [1.165, 1.54) is 6.07 Å². The lowest BCUT2D eigenvalue weighted by Crippen LogP contribution is -2.64. The fourth-order valence-corrected chi connectivity index (χ4v) is 7.08. The van der Waals surface area contributed by atoms with Crippen molar-refractivity contribution in [3.8, 4) is 11.5 Å². The van der Waals surface area contributed by atoms with Crippen LogP contribution in [0.15, 0.2) is 48.7 Å². The molecule has 4 heterocycles. The first-order chi connectivity index (χ1) is 22.5. The summed E-state index contributed by atoms with van der Waals surface area (Å²) < 4.78 is 61.8. The molecule has 14 heteroatoms. The van der Waals surface area contributed by atoms with Gasteiger partial charge in [0.05, 0.1) is 34.9 Å². The quantitative estimate of drug-likeness (QED) is 0.235. The van der Waals surface area contributed by atoms with Crippen LogP contribution >= 0.6 is 11.6 Å². The van der Waals surface area contributed by atoms with Crippen LogP contribution in [0.2, 0.25) is 5.02 Å². The highest BCUT2D eigenvalue weighted by atomic mass is 35.5. The van der Waals surface area contributed by atoms with Gasteiger partial charge in [-0.1, -0.05) is 17.7 Å². The Morgan fingerprint density at radius 3 is 2.66 bits per heavy atom. The summed E-state index contributed by atoms with van der Waals surface area (Å²) in [6, 6.07) is 12.0. The Kier molecular flexibility index (Phi) is 7.08. The van der Waals surface area contributed by atoms with E-state index in [4.69, 9.17) is 25.8 Å². The molecule has 2 aromatic heterocycles. The molecule has 0 amide bonds. The number of carbonyl (C=O) groups is 1. The third-order valence-electron chi connectivity index (χ3n) is 9.64. The Morgan fingerprint density at radius 1 is 1.15 bits per heavy atom. The van der Waals surface area contributed by atoms with E-state index in [-0.39, 0.29) is 42.7 Å². The molecular formula is C33H31ClF3N5O5. The highest BCUT2D eigenvalue weighted by molar-refractivity contribution is 6.30. The zero-order valence-electron chi connectivity index (χ0n) is 25.3. The number of carboxylic acid groups (broad SMARTS) is 1. The molecule has 0 spiro atoms. The number of rotatable bonds is 9. The maximum absolute atomic E-state index is 15.1. The van der Waals surface area contributed by atoms with Gasteiger partial charge in [-0.2, -0.15) is 0 Å². The number of para-hydroxylation sites is 1. The van der Waals surface area contributed by atoms with E-state index in [1.807, 2.05) is 25.1 Å². The summed E-state index contributed by atoms with van der Waals surface area (Å²) in [5.74, 6) is -4.16. The van der Waals surface area contributed by atoms with Gasteiger partial charge in [0.15, 0.2) is 17.3 Å². The molecule has 2 aromatic carbocycles. The Hall–Kier alpha value is -4.07. The Balaban J connectivity index is 1.04. The number of carboxylic acids is 1. The predicted molar refractivity (Wildman–Crippen MR) is 165 cm³/mol. The molecule has 4 aliphatic rings. The summed E-state index contributed by atoms with van der Waals surface area (Å²) in [4.78, 5) is 25.4. The molecule has 0 bridgehead atoms. The summed E-state index contributed by atoms with van der Waals surface area (Å²) in [6.45, 7) is 3.63. The number of benzene rings is 2. The molecule has 2 unspecified atom stereocenters. The van der Waals surface area contributed by atoms with Crippen LogP contribution in [-0.2, 0) is 23.6 Å². The minimum atomic E-state index is -2.83. The largest absolute Gasteiger partial charge is 0.478 e. The van der Waals surface area contributed by atoms with Gasteiger partial charge in [0.1, 0.15) is 23.1 Å². The molecule has 1 saturated heterocycles. The number of pyridine rings is 1. The number of hydrogen-bond donors (Lipinski definition) is 1. The molecule has 8 rings (SSSR count). The van der Waals surface area contributed by atoms with Crippen molar-refractivity contribution >= 4 is 34.3 Å². The lowest BCUT2D eigenvalue weighted by molar-refractivity contribution is -0.0717. The summed E-state index contributed by atoms with van der Waals surface area (Å²) in [5, 5.41) is 10.1. The average molecular weight is 670 g/mol. The second-order valence-electron chi connectivity index (χ2n) is 12.6. The first kappa shape index (κ1) is 30.3. The number of fused-ring (bicyclic) bond motifs is 3. The normalized spacial score (nSPS) is 25.9. The van der Waals surface area contributed by atoms with Crippen LogP contribution in [0.1, 0.15) is 48.1 Å². The zero-order valence-corrected chi connectivity index (χ0v) is 26.1. The first-order valence-electron chi connectivity index (χ1n) is 15.6. The number of anilines is 1. The van der Waals surface area contributed by atoms with Crippen molar-refractivity contribution in [2.75, 3.05) is 24.6 Å². The van der Waals surface area contributed by atoms with Gasteiger partial charge in [-0.3, -0.25) is 9.88 Å². The van der Waals surface area contributed by atoms with Crippen molar-refractivity contribution in [3.05, 3.63) is 76.6 Å². The number of ether oxygens (including phenoxy) is 3. The van der Waals surface area contributed by atoms with Crippen molar-refractivity contribution in [1.29, 1.82) is 0 Å². The number of aromatic carboxylic acids is 1. The molecule has 246 valence electrons. The highest BCUT2D eigenvalue weighted by Crippen LogP contribution is 2.51. The fraction of sp³-hybridized carbons (Fsp3) is 0.424. The molecule has 10 nitrogen and oxygen atoms in total. The van der Waals surface area contributed by atoms with E-state index in [9.17, 15) is 18.7 Å². The number of piperazine rings is 1. The van der Waals surface area contributed by atoms with Gasteiger partial charge in [0.25, 0.3) is 11.7 Å². The summed E-state index contributed by atoms with van der Waals surface area (Å²) >= 11 is 6.05. The summed E-state index contributed by atoms with van der Waals surface area (Å²) in [7, 11) is 0. The molecule has 2 aliphatic heterocycles. The van der Waals surface area contributed by atoms with Crippen LogP contribution < -0.4 is 14.4 Å². The number of nitrogens with zero attached hydrogens (tertiary/aromatic N) is 5. The maximum atomic E-state index is 15.1. The molecule has 47 heavy (non-hydrogen) atoms. The van der Waals surface area contributed by atoms with Gasteiger partial charge < -0.3 is 28.8 Å². The van der Waals surface area contributed by atoms with Crippen molar-refractivity contribution in [2.45, 2.75) is 69.2 Å². The standard InChI is InChI=1S/C33H31ClF3N5O5/c1-32(26-8-5-19(34)16-38-26)46-25-4-2-3-23(30(25)47-32)41-10-9-40(21-6-7-22(21)41)17-28-39-29-20(35)13-18(31(43)44)14-24(29)42(28)11-12-45-27-15-33(27,36)37/h2-5,8,13-14,16,21-22,27H,6-7,9-12,15,17H2,1H3,(H,43,44)/t21-,22-,27?,32?/m1/s1. The third-order valence-corrected chi connectivity index (χ3v) is 9.87. The number of imidazole rings is 1. The van der Waals surface area contributed by atoms with Crippen molar-refractivity contribution < 1.29 is 37.3 Å². The van der Waals surface area contributed by atoms with Crippen molar-refractivity contribution in [2.24, 2.45) is 0 Å². The number of hydrogen-bond acceptors (Lipinski definition) is 8. The van der Waals surface area contributed by atoms with Crippen LogP contribution in [0.25, 0.3) is 11.0 Å². The highest BCUT2D eigenvalue weighted by Gasteiger charge is 2.58. The fourth-order valence-electron chi connectivity index (χ4n) is 6.97. The van der Waals surface area contributed by atoms with Crippen LogP contribution in [0.4, 0.5) is 18.9 Å². The van der Waals surface area contributed by atoms with Gasteiger partial charge in [-0.15, -0.1) is 0 Å². The van der Waals surface area contributed by atoms with Crippen molar-refractivity contribution in [3.63, 3.8) is 0 Å². The van der Waals surface area contributed by atoms with Gasteiger partial charge in [-0.05, 0) is 49.2 Å². The van der Waals surface area contributed by atoms with E-state index >= 15 is 4.39 Å². The van der Waals surface area contributed by atoms with Gasteiger partial charge in [-0.25, -0.2) is 22.9 Å². The first-order valence-corrected chi connectivity index (χ1v) is 15.9. The van der Waals surface area contributed by atoms with E-state index in [0.717, 1.165) is 24.6 Å². The maximum Gasteiger partial charge on any atom is 0.335 e. The molecule has 2 saturated carbocycles. The second-order valence-corrected chi connectivity index (χ2v) is 13.1. The van der Waals surface area contributed by atoms with Crippen molar-refractivity contribution in [1.82, 2.24) is 19.4 Å². The van der Waals surface area contributed by atoms with E-state index in [1.54, 1.807) is 22.9 Å². The minimum Gasteiger partial charge on any atom is -0.478 e. The van der Waals surface area contributed by atoms with Gasteiger partial charge >= 0.3 is 5.97 Å². The Bertz CT molecular complexity index is 1890. The number of aromatic nitrogens is 3. The molecule has 4 atom stereocenters. The monoisotopic (exact) mass is 669 g/mol. The number of halogens is 4. The Labute approximate surface area is 272 Å². The average Bonchev–Trinajstić information content (AvgIpc) is 3.28. The second kappa shape index (κ2) is 11.0. The molecule has 2 aliphatic carbocycles. The molecular weight excluding hydrogens is 639 g/mol. The number of alkyl halides is 2. The summed E-state index contributed by atoms with van der Waals surface area (Å²) in [5.41, 5.74) is 1.65. The summed E-state index contributed by atoms with van der Waals surface area (Å²) in [6.07, 6.45) is 2.00. The smallest absolute Gasteiger partial charge is 0.335 e. The SMILES string of the molecule is CC1(c2ccc(Cl)cn2)Oc2cccc(N3CCN(Cc4nc5c(F)cc(C(=O)O)cc5n4CCOC4CC4(F)F)[C@@H]4CC[C@H]43)c2O1. The lowest BCUT2D eigenvalue weighted by Gasteiger charge is -2.54. The van der Waals surface area contributed by atoms with Crippen LogP contribution in [0.5, 0.6) is 11.5 Å². The molecule has 4 aromatic rings. The van der Waals surface area contributed by atoms with E-state index in [2.05, 4.69) is 19.8 Å². The van der Waals surface area contributed by atoms with E-state index in [0.29, 0.717) is 53.2 Å². The van der Waals surface area contributed by atoms with E-state index < -0.39 is 29.6 Å². The topological polar surface area (TPSA) is 102 Å². The van der Waals surface area contributed by atoms with Crippen LogP contribution in [0, 0.1) is 5.82 Å². The minimum absolute atomic E-state index is 0.0386. The van der Waals surface area contributed by atoms with Gasteiger partial charge in [0.2, 0.25) is 0 Å². The zero-order chi connectivity index (χ0) is 32.7. The molecule has 1 N–H and O–H groups in total. The molecule has 0 radical (unpaired) electrons. The lowest BCUT2D eigenvalue weighted by atomic mass is 9.81. The molecule has 3 fully saturated rings.